The maximum absolute atomic E-state index is 13.6. The smallest absolute Gasteiger partial charge is 0.256 e. The van der Waals surface area contributed by atoms with Crippen molar-refractivity contribution < 1.29 is 18.7 Å². The van der Waals surface area contributed by atoms with Crippen LogP contribution < -0.4 is 10.1 Å². The maximum atomic E-state index is 13.6. The lowest BCUT2D eigenvalue weighted by molar-refractivity contribution is -0.116. The molecule has 1 aromatic heterocycles. The fourth-order valence-corrected chi connectivity index (χ4v) is 3.90. The number of hydrogen-bond donors (Lipinski definition) is 1. The normalized spacial score (nSPS) is 10.6. The molecule has 0 spiro atoms. The fraction of sp³-hybridized carbons (Fsp3) is 0.107. The van der Waals surface area contributed by atoms with E-state index in [2.05, 4.69) is 16.9 Å². The number of nitrogens with zero attached hydrogens (tertiary/aromatic N) is 3. The van der Waals surface area contributed by atoms with Crippen LogP contribution in [0.5, 0.6) is 5.75 Å². The second-order valence-electron chi connectivity index (χ2n) is 8.03. The number of anilines is 1. The minimum Gasteiger partial charge on any atom is -0.497 e. The zero-order valence-electron chi connectivity index (χ0n) is 20.0. The standard InChI is InChI=1S/C28H24ClFN4O3/c1-3-16-33(27(36)23-6-4-5-7-24(23)29)18-26(35)32-28-31-25(19-8-14-22(37-2)15-9-19)17-34(28)21-12-10-20(30)11-13-21/h3-15,17H,1,16,18H2,2H3,(H,31,32,35). The van der Waals surface area contributed by atoms with Crippen molar-refractivity contribution in [3.63, 3.8) is 0 Å². The molecule has 0 unspecified atom stereocenters. The highest BCUT2D eigenvalue weighted by atomic mass is 35.5. The fourth-order valence-electron chi connectivity index (χ4n) is 3.69. The van der Waals surface area contributed by atoms with Gasteiger partial charge in [-0.15, -0.1) is 6.58 Å². The Morgan fingerprint density at radius 3 is 2.46 bits per heavy atom. The van der Waals surface area contributed by atoms with Gasteiger partial charge in [0.25, 0.3) is 5.91 Å². The number of benzene rings is 3. The van der Waals surface area contributed by atoms with Gasteiger partial charge in [0, 0.05) is 24.0 Å². The van der Waals surface area contributed by atoms with Gasteiger partial charge in [0.1, 0.15) is 18.1 Å². The summed E-state index contributed by atoms with van der Waals surface area (Å²) >= 11 is 6.19. The van der Waals surface area contributed by atoms with Crippen molar-refractivity contribution in [2.24, 2.45) is 0 Å². The molecule has 7 nitrogen and oxygen atoms in total. The maximum Gasteiger partial charge on any atom is 0.256 e. The highest BCUT2D eigenvalue weighted by Gasteiger charge is 2.21. The predicted molar refractivity (Wildman–Crippen MR) is 142 cm³/mol. The van der Waals surface area contributed by atoms with Gasteiger partial charge in [-0.3, -0.25) is 19.5 Å². The number of rotatable bonds is 9. The number of carbonyl (C=O) groups excluding carboxylic acids is 2. The van der Waals surface area contributed by atoms with Crippen LogP contribution in [-0.4, -0.2) is 46.5 Å². The van der Waals surface area contributed by atoms with Crippen LogP contribution in [0.4, 0.5) is 10.3 Å². The summed E-state index contributed by atoms with van der Waals surface area (Å²) in [5.41, 5.74) is 2.25. The lowest BCUT2D eigenvalue weighted by atomic mass is 10.1. The first-order valence-electron chi connectivity index (χ1n) is 11.3. The number of carbonyl (C=O) groups is 2. The van der Waals surface area contributed by atoms with Gasteiger partial charge in [-0.05, 0) is 60.7 Å². The summed E-state index contributed by atoms with van der Waals surface area (Å²) in [4.78, 5) is 32.1. The molecule has 4 aromatic rings. The van der Waals surface area contributed by atoms with Crippen LogP contribution in [0, 0.1) is 5.82 Å². The molecule has 2 amide bonds. The van der Waals surface area contributed by atoms with E-state index in [0.29, 0.717) is 17.1 Å². The number of nitrogens with one attached hydrogen (secondary N) is 1. The second kappa shape index (κ2) is 11.5. The molecule has 0 aliphatic rings. The second-order valence-corrected chi connectivity index (χ2v) is 8.43. The Bertz CT molecular complexity index is 1420. The topological polar surface area (TPSA) is 76.5 Å². The van der Waals surface area contributed by atoms with E-state index in [1.807, 2.05) is 12.1 Å². The average Bonchev–Trinajstić information content (AvgIpc) is 3.32. The van der Waals surface area contributed by atoms with Crippen LogP contribution in [0.3, 0.4) is 0 Å². The third-order valence-corrected chi connectivity index (χ3v) is 5.85. The predicted octanol–water partition coefficient (Wildman–Crippen LogP) is 5.61. The first-order valence-corrected chi connectivity index (χ1v) is 11.7. The third kappa shape index (κ3) is 6.05. The molecule has 188 valence electrons. The van der Waals surface area contributed by atoms with E-state index < -0.39 is 11.8 Å². The molecule has 3 aromatic carbocycles. The molecule has 0 saturated carbocycles. The van der Waals surface area contributed by atoms with Gasteiger partial charge in [0.2, 0.25) is 11.9 Å². The number of hydrogen-bond acceptors (Lipinski definition) is 4. The van der Waals surface area contributed by atoms with Crippen molar-refractivity contribution in [1.29, 1.82) is 0 Å². The third-order valence-electron chi connectivity index (χ3n) is 5.52. The van der Waals surface area contributed by atoms with Crippen molar-refractivity contribution in [1.82, 2.24) is 14.5 Å². The van der Waals surface area contributed by atoms with Crippen molar-refractivity contribution >= 4 is 29.4 Å². The molecular weight excluding hydrogens is 495 g/mol. The van der Waals surface area contributed by atoms with Crippen LogP contribution in [0.2, 0.25) is 5.02 Å². The van der Waals surface area contributed by atoms with Gasteiger partial charge >= 0.3 is 0 Å². The Labute approximate surface area is 218 Å². The Balaban J connectivity index is 1.62. The summed E-state index contributed by atoms with van der Waals surface area (Å²) in [6.07, 6.45) is 3.27. The lowest BCUT2D eigenvalue weighted by Crippen LogP contribution is -2.38. The number of ether oxygens (including phenoxy) is 1. The summed E-state index contributed by atoms with van der Waals surface area (Å²) in [5.74, 6) is -0.353. The molecule has 0 saturated heterocycles. The highest BCUT2D eigenvalue weighted by molar-refractivity contribution is 6.33. The SMILES string of the molecule is C=CCN(CC(=O)Nc1nc(-c2ccc(OC)cc2)cn1-c1ccc(F)cc1)C(=O)c1ccccc1Cl. The van der Waals surface area contributed by atoms with E-state index in [1.165, 1.54) is 23.1 Å². The van der Waals surface area contributed by atoms with E-state index in [0.717, 1.165) is 5.56 Å². The van der Waals surface area contributed by atoms with Crippen LogP contribution >= 0.6 is 11.6 Å². The zero-order valence-corrected chi connectivity index (χ0v) is 20.8. The van der Waals surface area contributed by atoms with Gasteiger partial charge in [-0.1, -0.05) is 29.8 Å². The molecule has 0 atom stereocenters. The van der Waals surface area contributed by atoms with Crippen molar-refractivity contribution in [3.8, 4) is 22.7 Å². The quantitative estimate of drug-likeness (QED) is 0.292. The number of aromatic nitrogens is 2. The van der Waals surface area contributed by atoms with Crippen LogP contribution in [0.25, 0.3) is 16.9 Å². The van der Waals surface area contributed by atoms with Gasteiger partial charge in [0.15, 0.2) is 0 Å². The van der Waals surface area contributed by atoms with E-state index in [1.54, 1.807) is 66.4 Å². The lowest BCUT2D eigenvalue weighted by Gasteiger charge is -2.21. The molecular formula is C28H24ClFN4O3. The van der Waals surface area contributed by atoms with Gasteiger partial charge in [-0.25, -0.2) is 9.37 Å². The first-order chi connectivity index (χ1) is 17.9. The number of halogens is 2. The summed E-state index contributed by atoms with van der Waals surface area (Å²) in [6, 6.07) is 19.7. The molecule has 0 aliphatic carbocycles. The summed E-state index contributed by atoms with van der Waals surface area (Å²) < 4.78 is 20.4. The summed E-state index contributed by atoms with van der Waals surface area (Å²) in [5, 5.41) is 3.07. The molecule has 1 heterocycles. The molecule has 1 N–H and O–H groups in total. The Kier molecular flexibility index (Phi) is 8.00. The van der Waals surface area contributed by atoms with E-state index >= 15 is 0 Å². The molecule has 37 heavy (non-hydrogen) atoms. The molecule has 9 heteroatoms. The molecule has 0 radical (unpaired) electrons. The van der Waals surface area contributed by atoms with Gasteiger partial charge < -0.3 is 9.64 Å². The number of amides is 2. The molecule has 0 fully saturated rings. The monoisotopic (exact) mass is 518 g/mol. The first kappa shape index (κ1) is 25.7. The van der Waals surface area contributed by atoms with Crippen LogP contribution in [0.15, 0.2) is 91.6 Å². The highest BCUT2D eigenvalue weighted by Crippen LogP contribution is 2.26. The summed E-state index contributed by atoms with van der Waals surface area (Å²) in [7, 11) is 1.58. The number of imidazole rings is 1. The Hall–Kier alpha value is -4.43. The van der Waals surface area contributed by atoms with Crippen molar-refractivity contribution in [2.45, 2.75) is 0 Å². The summed E-state index contributed by atoms with van der Waals surface area (Å²) in [6.45, 7) is 3.57. The minimum absolute atomic E-state index is 0.140. The molecule has 0 bridgehead atoms. The zero-order chi connectivity index (χ0) is 26.4. The van der Waals surface area contributed by atoms with Crippen LogP contribution in [0.1, 0.15) is 10.4 Å². The van der Waals surface area contributed by atoms with E-state index in [9.17, 15) is 14.0 Å². The van der Waals surface area contributed by atoms with Gasteiger partial charge in [-0.2, -0.15) is 0 Å². The Morgan fingerprint density at radius 1 is 1.11 bits per heavy atom. The van der Waals surface area contributed by atoms with Crippen molar-refractivity contribution in [3.05, 3.63) is 108 Å². The largest absolute Gasteiger partial charge is 0.497 e. The van der Waals surface area contributed by atoms with E-state index in [4.69, 9.17) is 16.3 Å². The number of methoxy groups -OCH3 is 1. The van der Waals surface area contributed by atoms with Crippen molar-refractivity contribution in [2.75, 3.05) is 25.5 Å². The molecule has 4 rings (SSSR count). The molecule has 0 aliphatic heterocycles. The van der Waals surface area contributed by atoms with Gasteiger partial charge in [0.05, 0.1) is 23.4 Å². The van der Waals surface area contributed by atoms with Crippen LogP contribution in [-0.2, 0) is 4.79 Å². The van der Waals surface area contributed by atoms with E-state index in [-0.39, 0.29) is 35.4 Å². The Morgan fingerprint density at radius 2 is 1.81 bits per heavy atom. The average molecular weight is 519 g/mol. The minimum atomic E-state index is -0.475.